The number of pyridine rings is 1. The van der Waals surface area contributed by atoms with E-state index in [0.717, 1.165) is 0 Å². The third kappa shape index (κ3) is 6.21. The van der Waals surface area contributed by atoms with Crippen molar-refractivity contribution < 1.29 is 23.4 Å². The second-order valence-electron chi connectivity index (χ2n) is 9.50. The molecule has 194 valence electrons. The Bertz CT molecular complexity index is 1300. The van der Waals surface area contributed by atoms with E-state index in [1.54, 1.807) is 26.8 Å². The van der Waals surface area contributed by atoms with Crippen LogP contribution in [0.25, 0.3) is 11.3 Å². The summed E-state index contributed by atoms with van der Waals surface area (Å²) < 4.78 is 32.3. The van der Waals surface area contributed by atoms with Crippen LogP contribution in [-0.4, -0.2) is 74.2 Å². The van der Waals surface area contributed by atoms with Crippen molar-refractivity contribution in [3.8, 4) is 28.8 Å². The minimum Gasteiger partial charge on any atom is -0.494 e. The SMILES string of the molecule is COc1cncc(OC[C@]2(F)CCN(C(=O)OC(C)(C)C)C2)c1-c1cc(Nc2cnc(C#N)cn2)n[nH]1. The summed E-state index contributed by atoms with van der Waals surface area (Å²) in [6, 6.07) is 3.59. The van der Waals surface area contributed by atoms with Gasteiger partial charge in [0.05, 0.1) is 49.7 Å². The number of nitriles is 1. The van der Waals surface area contributed by atoms with Gasteiger partial charge in [0.2, 0.25) is 0 Å². The molecule has 1 aliphatic rings. The van der Waals surface area contributed by atoms with Gasteiger partial charge in [0, 0.05) is 19.0 Å². The van der Waals surface area contributed by atoms with E-state index in [1.165, 1.54) is 36.8 Å². The second kappa shape index (κ2) is 10.3. The molecule has 1 saturated heterocycles. The van der Waals surface area contributed by atoms with Gasteiger partial charge >= 0.3 is 6.09 Å². The van der Waals surface area contributed by atoms with Crippen LogP contribution in [0.2, 0.25) is 0 Å². The van der Waals surface area contributed by atoms with E-state index in [0.29, 0.717) is 28.6 Å². The number of nitrogens with zero attached hydrogens (tertiary/aromatic N) is 6. The van der Waals surface area contributed by atoms with E-state index < -0.39 is 17.4 Å². The van der Waals surface area contributed by atoms with E-state index in [4.69, 9.17) is 19.5 Å². The Morgan fingerprint density at radius 1 is 1.24 bits per heavy atom. The van der Waals surface area contributed by atoms with Gasteiger partial charge in [0.25, 0.3) is 0 Å². The Hall–Kier alpha value is -4.47. The minimum absolute atomic E-state index is 0.114. The van der Waals surface area contributed by atoms with Crippen LogP contribution in [0.15, 0.2) is 30.9 Å². The van der Waals surface area contributed by atoms with Crippen LogP contribution in [-0.2, 0) is 4.74 Å². The highest BCUT2D eigenvalue weighted by atomic mass is 19.1. The van der Waals surface area contributed by atoms with Gasteiger partial charge in [0.1, 0.15) is 29.8 Å². The number of likely N-dealkylation sites (tertiary alicyclic amines) is 1. The van der Waals surface area contributed by atoms with Crippen LogP contribution in [0.3, 0.4) is 0 Å². The predicted molar refractivity (Wildman–Crippen MR) is 130 cm³/mol. The van der Waals surface area contributed by atoms with Crippen LogP contribution in [0, 0.1) is 11.3 Å². The highest BCUT2D eigenvalue weighted by Crippen LogP contribution is 2.38. The van der Waals surface area contributed by atoms with E-state index in [1.807, 2.05) is 6.07 Å². The number of halogens is 1. The molecule has 0 aliphatic carbocycles. The third-order valence-electron chi connectivity index (χ3n) is 5.41. The number of hydrogen-bond donors (Lipinski definition) is 2. The lowest BCUT2D eigenvalue weighted by Crippen LogP contribution is -2.39. The molecule has 12 nitrogen and oxygen atoms in total. The Morgan fingerprint density at radius 3 is 2.70 bits per heavy atom. The first-order valence-electron chi connectivity index (χ1n) is 11.5. The summed E-state index contributed by atoms with van der Waals surface area (Å²) in [5.41, 5.74) is -1.21. The molecule has 3 aromatic rings. The maximum absolute atomic E-state index is 15.6. The maximum atomic E-state index is 15.6. The predicted octanol–water partition coefficient (Wildman–Crippen LogP) is 3.61. The van der Waals surface area contributed by atoms with Crippen molar-refractivity contribution in [3.05, 3.63) is 36.5 Å². The van der Waals surface area contributed by atoms with Crippen LogP contribution >= 0.6 is 0 Å². The Morgan fingerprint density at radius 2 is 2.03 bits per heavy atom. The van der Waals surface area contributed by atoms with Gasteiger partial charge in [-0.05, 0) is 20.8 Å². The standard InChI is InChI=1S/C24H27FN8O4/c1-23(2,3)37-22(34)33-6-5-24(25,13-33)14-36-18-11-27-10-17(35-4)21(18)16-7-19(32-31-16)30-20-12-28-15(8-26)9-29-20/h7,9-12H,5-6,13-14H2,1-4H3,(H2,29,30,31,32)/t24-/m0/s1. The topological polar surface area (TPSA) is 151 Å². The molecule has 13 heteroatoms. The van der Waals surface area contributed by atoms with E-state index >= 15 is 4.39 Å². The maximum Gasteiger partial charge on any atom is 0.410 e. The van der Waals surface area contributed by atoms with Gasteiger partial charge in [-0.3, -0.25) is 10.1 Å². The number of nitrogens with one attached hydrogen (secondary N) is 2. The van der Waals surface area contributed by atoms with Gasteiger partial charge in [0.15, 0.2) is 22.9 Å². The zero-order valence-electron chi connectivity index (χ0n) is 20.9. The molecule has 4 heterocycles. The molecule has 1 fully saturated rings. The van der Waals surface area contributed by atoms with Crippen molar-refractivity contribution in [1.29, 1.82) is 5.26 Å². The number of carbonyl (C=O) groups excluding carboxylic acids is 1. The van der Waals surface area contributed by atoms with Crippen molar-refractivity contribution in [2.24, 2.45) is 0 Å². The lowest BCUT2D eigenvalue weighted by molar-refractivity contribution is 0.0230. The number of H-pyrrole nitrogens is 1. The molecule has 3 aromatic heterocycles. The number of aromatic amines is 1. The number of carbonyl (C=O) groups is 1. The van der Waals surface area contributed by atoms with Crippen LogP contribution in [0.5, 0.6) is 11.5 Å². The van der Waals surface area contributed by atoms with Crippen LogP contribution in [0.1, 0.15) is 32.9 Å². The summed E-state index contributed by atoms with van der Waals surface area (Å²) in [5, 5.41) is 19.0. The summed E-state index contributed by atoms with van der Waals surface area (Å²) in [4.78, 5) is 25.9. The third-order valence-corrected chi connectivity index (χ3v) is 5.41. The quantitative estimate of drug-likeness (QED) is 0.482. The van der Waals surface area contributed by atoms with E-state index in [2.05, 4.69) is 30.5 Å². The van der Waals surface area contributed by atoms with E-state index in [9.17, 15) is 4.79 Å². The first-order valence-corrected chi connectivity index (χ1v) is 11.5. The van der Waals surface area contributed by atoms with Crippen LogP contribution in [0.4, 0.5) is 20.8 Å². The second-order valence-corrected chi connectivity index (χ2v) is 9.50. The molecule has 1 atom stereocenters. The van der Waals surface area contributed by atoms with Gasteiger partial charge in [-0.1, -0.05) is 0 Å². The average molecular weight is 511 g/mol. The fourth-order valence-electron chi connectivity index (χ4n) is 3.69. The van der Waals surface area contributed by atoms with Gasteiger partial charge in [-0.2, -0.15) is 10.4 Å². The molecule has 0 spiro atoms. The molecule has 0 saturated carbocycles. The molecule has 0 aromatic carbocycles. The summed E-state index contributed by atoms with van der Waals surface area (Å²) in [6.07, 6.45) is 5.28. The average Bonchev–Trinajstić information content (AvgIpc) is 3.49. The summed E-state index contributed by atoms with van der Waals surface area (Å²) >= 11 is 0. The molecule has 37 heavy (non-hydrogen) atoms. The number of anilines is 2. The van der Waals surface area contributed by atoms with Crippen molar-refractivity contribution in [2.75, 3.05) is 32.1 Å². The normalized spacial score (nSPS) is 17.2. The Labute approximate surface area is 212 Å². The largest absolute Gasteiger partial charge is 0.494 e. The number of alkyl halides is 1. The van der Waals surface area contributed by atoms with Crippen LogP contribution < -0.4 is 14.8 Å². The first-order chi connectivity index (χ1) is 17.6. The number of methoxy groups -OCH3 is 1. The van der Waals surface area contributed by atoms with Gasteiger partial charge < -0.3 is 24.4 Å². The zero-order chi connectivity index (χ0) is 26.6. The molecular formula is C24H27FN8O4. The number of aromatic nitrogens is 5. The molecule has 1 aliphatic heterocycles. The fourth-order valence-corrected chi connectivity index (χ4v) is 3.69. The lowest BCUT2D eigenvalue weighted by Gasteiger charge is -2.25. The molecule has 1 amide bonds. The molecule has 4 rings (SSSR count). The highest BCUT2D eigenvalue weighted by molar-refractivity contribution is 5.75. The highest BCUT2D eigenvalue weighted by Gasteiger charge is 2.42. The summed E-state index contributed by atoms with van der Waals surface area (Å²) in [7, 11) is 1.48. The number of rotatable bonds is 7. The first kappa shape index (κ1) is 25.6. The zero-order valence-corrected chi connectivity index (χ0v) is 20.9. The Kier molecular flexibility index (Phi) is 7.10. The van der Waals surface area contributed by atoms with Gasteiger partial charge in [-0.25, -0.2) is 19.2 Å². The summed E-state index contributed by atoms with van der Waals surface area (Å²) in [5.74, 6) is 1.48. The van der Waals surface area contributed by atoms with Crippen molar-refractivity contribution in [3.63, 3.8) is 0 Å². The van der Waals surface area contributed by atoms with Crippen molar-refractivity contribution in [2.45, 2.75) is 38.5 Å². The number of ether oxygens (including phenoxy) is 3. The molecular weight excluding hydrogens is 483 g/mol. The fraction of sp³-hybridized carbons (Fsp3) is 0.417. The minimum atomic E-state index is -1.76. The number of hydrogen-bond acceptors (Lipinski definition) is 10. The van der Waals surface area contributed by atoms with Crippen molar-refractivity contribution in [1.82, 2.24) is 30.0 Å². The van der Waals surface area contributed by atoms with E-state index in [-0.39, 0.29) is 37.6 Å². The Balaban J connectivity index is 1.48. The lowest BCUT2D eigenvalue weighted by atomic mass is 10.1. The molecule has 0 radical (unpaired) electrons. The molecule has 0 unspecified atom stereocenters. The van der Waals surface area contributed by atoms with Gasteiger partial charge in [-0.15, -0.1) is 0 Å². The molecule has 0 bridgehead atoms. The smallest absolute Gasteiger partial charge is 0.410 e. The monoisotopic (exact) mass is 510 g/mol. The number of amides is 1. The summed E-state index contributed by atoms with van der Waals surface area (Å²) in [6.45, 7) is 5.08. The van der Waals surface area contributed by atoms with Crippen molar-refractivity contribution >= 4 is 17.7 Å². The molecule has 2 N–H and O–H groups in total.